The molecule has 1 aliphatic heterocycles. The number of nitrogens with zero attached hydrogens (tertiary/aromatic N) is 1. The Morgan fingerprint density at radius 3 is 2.60 bits per heavy atom. The molecule has 5 heteroatoms. The maximum atomic E-state index is 12.9. The Hall–Kier alpha value is -2.69. The number of ether oxygens (including phenoxy) is 3. The topological polar surface area (TPSA) is 48.0 Å². The molecule has 0 saturated carbocycles. The number of benzene rings is 2. The Balaban J connectivity index is 1.72. The second-order valence-electron chi connectivity index (χ2n) is 5.96. The molecule has 0 radical (unpaired) electrons. The molecule has 3 rings (SSSR count). The number of methoxy groups -OCH3 is 2. The van der Waals surface area contributed by atoms with Crippen LogP contribution in [0.1, 0.15) is 18.1 Å². The monoisotopic (exact) mass is 341 g/mol. The zero-order chi connectivity index (χ0) is 17.8. The van der Waals surface area contributed by atoms with E-state index in [1.165, 1.54) is 0 Å². The van der Waals surface area contributed by atoms with Crippen LogP contribution in [-0.2, 0) is 17.8 Å². The zero-order valence-electron chi connectivity index (χ0n) is 14.8. The Morgan fingerprint density at radius 1 is 1.16 bits per heavy atom. The molecule has 1 atom stereocenters. The van der Waals surface area contributed by atoms with Crippen LogP contribution < -0.4 is 14.2 Å². The van der Waals surface area contributed by atoms with Crippen LogP contribution in [0, 0.1) is 0 Å². The third kappa shape index (κ3) is 3.55. The fourth-order valence-electron chi connectivity index (χ4n) is 3.07. The summed E-state index contributed by atoms with van der Waals surface area (Å²) in [5.41, 5.74) is 2.08. The smallest absolute Gasteiger partial charge is 0.264 e. The van der Waals surface area contributed by atoms with E-state index >= 15 is 0 Å². The molecular weight excluding hydrogens is 318 g/mol. The van der Waals surface area contributed by atoms with E-state index in [1.807, 2.05) is 49.4 Å². The van der Waals surface area contributed by atoms with E-state index in [-0.39, 0.29) is 5.91 Å². The molecule has 2 aromatic rings. The molecule has 132 valence electrons. The minimum atomic E-state index is -0.447. The van der Waals surface area contributed by atoms with Gasteiger partial charge in [-0.3, -0.25) is 4.79 Å². The summed E-state index contributed by atoms with van der Waals surface area (Å²) in [4.78, 5) is 14.7. The van der Waals surface area contributed by atoms with E-state index in [9.17, 15) is 4.79 Å². The Kier molecular flexibility index (Phi) is 5.12. The molecular formula is C20H23NO4. The number of para-hydroxylation sites is 1. The summed E-state index contributed by atoms with van der Waals surface area (Å²) in [6, 6.07) is 13.5. The van der Waals surface area contributed by atoms with Gasteiger partial charge in [0.2, 0.25) is 0 Å². The van der Waals surface area contributed by atoms with E-state index in [0.29, 0.717) is 31.0 Å². The molecule has 0 aromatic heterocycles. The third-order valence-electron chi connectivity index (χ3n) is 4.44. The summed E-state index contributed by atoms with van der Waals surface area (Å²) >= 11 is 0. The second-order valence-corrected chi connectivity index (χ2v) is 5.96. The van der Waals surface area contributed by atoms with Crippen molar-refractivity contribution < 1.29 is 19.0 Å². The predicted molar refractivity (Wildman–Crippen MR) is 95.2 cm³/mol. The molecule has 0 bridgehead atoms. The van der Waals surface area contributed by atoms with Gasteiger partial charge in [-0.05, 0) is 36.2 Å². The van der Waals surface area contributed by atoms with E-state index in [1.54, 1.807) is 19.1 Å². The molecule has 0 fully saturated rings. The van der Waals surface area contributed by atoms with E-state index in [2.05, 4.69) is 0 Å². The highest BCUT2D eigenvalue weighted by Crippen LogP contribution is 2.30. The predicted octanol–water partition coefficient (Wildman–Crippen LogP) is 3.06. The summed E-state index contributed by atoms with van der Waals surface area (Å²) in [6.07, 6.45) is 0.176. The highest BCUT2D eigenvalue weighted by molar-refractivity contribution is 5.82. The number of hydrogen-bond acceptors (Lipinski definition) is 4. The normalized spacial score (nSPS) is 15.2. The summed E-state index contributed by atoms with van der Waals surface area (Å²) in [7, 11) is 3.21. The van der Waals surface area contributed by atoms with Crippen molar-refractivity contribution in [3.63, 3.8) is 0 Å². The van der Waals surface area contributed by atoms with Crippen molar-refractivity contribution in [2.45, 2.75) is 26.0 Å². The molecule has 0 unspecified atom stereocenters. The largest absolute Gasteiger partial charge is 0.493 e. The molecule has 0 saturated heterocycles. The van der Waals surface area contributed by atoms with Crippen molar-refractivity contribution >= 4 is 5.91 Å². The van der Waals surface area contributed by atoms with Crippen LogP contribution in [-0.4, -0.2) is 37.7 Å². The molecule has 1 aliphatic rings. The average Bonchev–Trinajstić information content (AvgIpc) is 3.09. The standard InChI is InChI=1S/C20H23NO4/c1-4-21(13-14-9-10-17(23-2)18(11-14)24-3)20(22)19-12-15-7-5-6-8-16(15)25-19/h5-11,19H,4,12-13H2,1-3H3/t19-/m1/s1. The minimum Gasteiger partial charge on any atom is -0.493 e. The lowest BCUT2D eigenvalue weighted by atomic mass is 10.1. The molecule has 1 heterocycles. The Morgan fingerprint density at radius 2 is 1.92 bits per heavy atom. The van der Waals surface area contributed by atoms with Crippen molar-refractivity contribution in [3.8, 4) is 17.2 Å². The number of hydrogen-bond donors (Lipinski definition) is 0. The zero-order valence-corrected chi connectivity index (χ0v) is 14.8. The van der Waals surface area contributed by atoms with Gasteiger partial charge in [-0.15, -0.1) is 0 Å². The highest BCUT2D eigenvalue weighted by Gasteiger charge is 2.31. The SMILES string of the molecule is CCN(Cc1ccc(OC)c(OC)c1)C(=O)[C@H]1Cc2ccccc2O1. The first-order valence-electron chi connectivity index (χ1n) is 8.40. The van der Waals surface area contributed by atoms with Gasteiger partial charge < -0.3 is 19.1 Å². The number of amides is 1. The van der Waals surface area contributed by atoms with Crippen LogP contribution in [0.15, 0.2) is 42.5 Å². The van der Waals surface area contributed by atoms with Crippen LogP contribution in [0.25, 0.3) is 0 Å². The second kappa shape index (κ2) is 7.47. The van der Waals surface area contributed by atoms with Crippen molar-refractivity contribution in [1.29, 1.82) is 0 Å². The average molecular weight is 341 g/mol. The van der Waals surface area contributed by atoms with Crippen molar-refractivity contribution in [2.75, 3.05) is 20.8 Å². The number of rotatable bonds is 6. The van der Waals surface area contributed by atoms with Gasteiger partial charge in [-0.2, -0.15) is 0 Å². The maximum Gasteiger partial charge on any atom is 0.264 e. The van der Waals surface area contributed by atoms with E-state index < -0.39 is 6.10 Å². The fourth-order valence-corrected chi connectivity index (χ4v) is 3.07. The highest BCUT2D eigenvalue weighted by atomic mass is 16.5. The third-order valence-corrected chi connectivity index (χ3v) is 4.44. The van der Waals surface area contributed by atoms with Crippen molar-refractivity contribution in [1.82, 2.24) is 4.90 Å². The van der Waals surface area contributed by atoms with Gasteiger partial charge >= 0.3 is 0 Å². The van der Waals surface area contributed by atoms with Gasteiger partial charge in [0.05, 0.1) is 14.2 Å². The Labute approximate surface area is 148 Å². The van der Waals surface area contributed by atoms with Crippen LogP contribution in [0.4, 0.5) is 0 Å². The quantitative estimate of drug-likeness (QED) is 0.810. The van der Waals surface area contributed by atoms with Crippen LogP contribution in [0.3, 0.4) is 0 Å². The van der Waals surface area contributed by atoms with E-state index in [4.69, 9.17) is 14.2 Å². The number of carbonyl (C=O) groups excluding carboxylic acids is 1. The number of likely N-dealkylation sites (N-methyl/N-ethyl adjacent to an activating group) is 1. The summed E-state index contributed by atoms with van der Waals surface area (Å²) < 4.78 is 16.4. The lowest BCUT2D eigenvalue weighted by Gasteiger charge is -2.24. The van der Waals surface area contributed by atoms with Crippen LogP contribution in [0.2, 0.25) is 0 Å². The maximum absolute atomic E-state index is 12.9. The fraction of sp³-hybridized carbons (Fsp3) is 0.350. The van der Waals surface area contributed by atoms with Crippen molar-refractivity contribution in [2.24, 2.45) is 0 Å². The molecule has 5 nitrogen and oxygen atoms in total. The molecule has 0 spiro atoms. The van der Waals surface area contributed by atoms with Crippen LogP contribution >= 0.6 is 0 Å². The van der Waals surface area contributed by atoms with E-state index in [0.717, 1.165) is 16.9 Å². The van der Waals surface area contributed by atoms with Gasteiger partial charge in [0.25, 0.3) is 5.91 Å². The first-order chi connectivity index (χ1) is 12.2. The first-order valence-corrected chi connectivity index (χ1v) is 8.40. The Bertz CT molecular complexity index is 734. The molecule has 25 heavy (non-hydrogen) atoms. The lowest BCUT2D eigenvalue weighted by Crippen LogP contribution is -2.40. The lowest BCUT2D eigenvalue weighted by molar-refractivity contribution is -0.138. The van der Waals surface area contributed by atoms with Gasteiger partial charge in [-0.1, -0.05) is 24.3 Å². The molecule has 2 aromatic carbocycles. The molecule has 1 amide bonds. The minimum absolute atomic E-state index is 0.00786. The van der Waals surface area contributed by atoms with Gasteiger partial charge in [-0.25, -0.2) is 0 Å². The van der Waals surface area contributed by atoms with Crippen molar-refractivity contribution in [3.05, 3.63) is 53.6 Å². The van der Waals surface area contributed by atoms with Gasteiger partial charge in [0.1, 0.15) is 5.75 Å². The summed E-state index contributed by atoms with van der Waals surface area (Å²) in [6.45, 7) is 3.09. The van der Waals surface area contributed by atoms with Gasteiger partial charge in [0, 0.05) is 19.5 Å². The van der Waals surface area contributed by atoms with Crippen LogP contribution in [0.5, 0.6) is 17.2 Å². The summed E-state index contributed by atoms with van der Waals surface area (Å²) in [5, 5.41) is 0. The number of carbonyl (C=O) groups is 1. The number of fused-ring (bicyclic) bond motifs is 1. The van der Waals surface area contributed by atoms with Gasteiger partial charge in [0.15, 0.2) is 17.6 Å². The first kappa shape index (κ1) is 17.1. The summed E-state index contributed by atoms with van der Waals surface area (Å²) in [5.74, 6) is 2.15. The molecule has 0 N–H and O–H groups in total. The molecule has 0 aliphatic carbocycles.